The van der Waals surface area contributed by atoms with E-state index in [0.717, 1.165) is 31.5 Å². The van der Waals surface area contributed by atoms with Crippen LogP contribution in [0.1, 0.15) is 24.0 Å². The van der Waals surface area contributed by atoms with Gasteiger partial charge in [-0.25, -0.2) is 9.78 Å². The zero-order valence-electron chi connectivity index (χ0n) is 13.8. The van der Waals surface area contributed by atoms with Crippen LogP contribution >= 0.6 is 0 Å². The number of piperidine rings is 1. The highest BCUT2D eigenvalue weighted by Gasteiger charge is 2.22. The van der Waals surface area contributed by atoms with Crippen LogP contribution in [0, 0.1) is 5.92 Å². The molecule has 3 rings (SSSR count). The van der Waals surface area contributed by atoms with Crippen LogP contribution in [0.2, 0.25) is 0 Å². The highest BCUT2D eigenvalue weighted by molar-refractivity contribution is 5.74. The highest BCUT2D eigenvalue weighted by Crippen LogP contribution is 2.15. The second-order valence-electron chi connectivity index (χ2n) is 6.35. The van der Waals surface area contributed by atoms with E-state index >= 15 is 0 Å². The van der Waals surface area contributed by atoms with Gasteiger partial charge in [0.1, 0.15) is 0 Å². The number of aliphatic hydroxyl groups excluding tert-OH is 1. The molecule has 6 nitrogen and oxygen atoms in total. The summed E-state index contributed by atoms with van der Waals surface area (Å²) >= 11 is 0. The quantitative estimate of drug-likeness (QED) is 0.880. The van der Waals surface area contributed by atoms with Gasteiger partial charge in [0.05, 0.1) is 6.33 Å². The Kier molecular flexibility index (Phi) is 5.48. The van der Waals surface area contributed by atoms with Crippen molar-refractivity contribution < 1.29 is 9.90 Å². The van der Waals surface area contributed by atoms with Crippen LogP contribution in [0.3, 0.4) is 0 Å². The van der Waals surface area contributed by atoms with E-state index in [1.165, 1.54) is 5.56 Å². The summed E-state index contributed by atoms with van der Waals surface area (Å²) in [6.45, 7) is 2.88. The number of hydrogen-bond acceptors (Lipinski definition) is 3. The van der Waals surface area contributed by atoms with Gasteiger partial charge in [-0.05, 0) is 29.9 Å². The second-order valence-corrected chi connectivity index (χ2v) is 6.35. The van der Waals surface area contributed by atoms with E-state index in [1.807, 2.05) is 22.9 Å². The molecule has 1 atom stereocenters. The van der Waals surface area contributed by atoms with Crippen molar-refractivity contribution in [3.63, 3.8) is 0 Å². The first kappa shape index (κ1) is 16.5. The number of carbonyl (C=O) groups is 1. The zero-order valence-corrected chi connectivity index (χ0v) is 13.8. The number of aliphatic hydroxyl groups is 1. The maximum Gasteiger partial charge on any atom is 0.317 e. The van der Waals surface area contributed by atoms with Crippen LogP contribution in [0.15, 0.2) is 43.0 Å². The lowest BCUT2D eigenvalue weighted by atomic mass is 9.99. The zero-order chi connectivity index (χ0) is 16.8. The summed E-state index contributed by atoms with van der Waals surface area (Å²) in [4.78, 5) is 18.1. The van der Waals surface area contributed by atoms with Gasteiger partial charge in [0.2, 0.25) is 0 Å². The standard InChI is InChI=1S/C18H24N4O2/c23-13-17-2-1-8-22(12-17)18(24)20-10-15-3-5-16(6-4-15)11-21-9-7-19-14-21/h3-7,9,14,17,23H,1-2,8,10-13H2,(H,20,24). The number of aromatic nitrogens is 2. The number of nitrogens with zero attached hydrogens (tertiary/aromatic N) is 3. The number of benzene rings is 1. The molecule has 2 N–H and O–H groups in total. The number of imidazole rings is 1. The van der Waals surface area contributed by atoms with Crippen molar-refractivity contribution in [1.82, 2.24) is 19.8 Å². The first-order chi connectivity index (χ1) is 11.7. The fourth-order valence-electron chi connectivity index (χ4n) is 3.04. The molecule has 0 bridgehead atoms. The third kappa shape index (κ3) is 4.35. The van der Waals surface area contributed by atoms with Gasteiger partial charge in [-0.15, -0.1) is 0 Å². The number of urea groups is 1. The van der Waals surface area contributed by atoms with Gasteiger partial charge >= 0.3 is 6.03 Å². The molecule has 0 radical (unpaired) electrons. The minimum atomic E-state index is -0.0457. The Labute approximate surface area is 142 Å². The third-order valence-corrected chi connectivity index (χ3v) is 4.46. The molecule has 1 aromatic carbocycles. The van der Waals surface area contributed by atoms with Gasteiger partial charge in [-0.1, -0.05) is 24.3 Å². The summed E-state index contributed by atoms with van der Waals surface area (Å²) in [6, 6.07) is 8.18. The molecule has 6 heteroatoms. The maximum absolute atomic E-state index is 12.2. The van der Waals surface area contributed by atoms with E-state index in [9.17, 15) is 9.90 Å². The summed E-state index contributed by atoms with van der Waals surface area (Å²) in [5.74, 6) is 0.215. The molecular formula is C18H24N4O2. The van der Waals surface area contributed by atoms with Crippen LogP contribution in [0.5, 0.6) is 0 Å². The lowest BCUT2D eigenvalue weighted by molar-refractivity contribution is 0.129. The molecule has 24 heavy (non-hydrogen) atoms. The summed E-state index contributed by atoms with van der Waals surface area (Å²) in [7, 11) is 0. The summed E-state index contributed by atoms with van der Waals surface area (Å²) < 4.78 is 2.02. The minimum absolute atomic E-state index is 0.0457. The van der Waals surface area contributed by atoms with Gasteiger partial charge in [0.25, 0.3) is 0 Å². The van der Waals surface area contributed by atoms with Crippen LogP contribution in [0.4, 0.5) is 4.79 Å². The number of carbonyl (C=O) groups excluding carboxylic acids is 1. The Bertz CT molecular complexity index is 640. The number of nitrogens with one attached hydrogen (secondary N) is 1. The average molecular weight is 328 g/mol. The Hall–Kier alpha value is -2.34. The van der Waals surface area contributed by atoms with Crippen molar-refractivity contribution in [2.45, 2.75) is 25.9 Å². The Morgan fingerprint density at radius 2 is 2.08 bits per heavy atom. The molecule has 1 aliphatic heterocycles. The highest BCUT2D eigenvalue weighted by atomic mass is 16.3. The van der Waals surface area contributed by atoms with E-state index in [4.69, 9.17) is 0 Å². The number of rotatable bonds is 5. The largest absolute Gasteiger partial charge is 0.396 e. The number of amides is 2. The van der Waals surface area contributed by atoms with E-state index in [1.54, 1.807) is 17.4 Å². The summed E-state index contributed by atoms with van der Waals surface area (Å²) in [6.07, 6.45) is 7.46. The molecule has 1 aliphatic rings. The van der Waals surface area contributed by atoms with Crippen molar-refractivity contribution in [3.8, 4) is 0 Å². The van der Waals surface area contributed by atoms with E-state index in [2.05, 4.69) is 22.4 Å². The van der Waals surface area contributed by atoms with Gasteiger partial charge < -0.3 is 19.9 Å². The fourth-order valence-corrected chi connectivity index (χ4v) is 3.04. The molecule has 0 spiro atoms. The average Bonchev–Trinajstić information content (AvgIpc) is 3.14. The number of likely N-dealkylation sites (tertiary alicyclic amines) is 1. The van der Waals surface area contributed by atoms with Crippen molar-refractivity contribution in [2.24, 2.45) is 5.92 Å². The van der Waals surface area contributed by atoms with E-state index in [-0.39, 0.29) is 18.6 Å². The number of hydrogen-bond donors (Lipinski definition) is 2. The van der Waals surface area contributed by atoms with E-state index < -0.39 is 0 Å². The Balaban J connectivity index is 1.48. The SMILES string of the molecule is O=C(NCc1ccc(Cn2ccnc2)cc1)N1CCCC(CO)C1. The van der Waals surface area contributed by atoms with Crippen LogP contribution in [0.25, 0.3) is 0 Å². The normalized spacial score (nSPS) is 17.7. The molecule has 2 amide bonds. The first-order valence-electron chi connectivity index (χ1n) is 8.42. The van der Waals surface area contributed by atoms with E-state index in [0.29, 0.717) is 13.1 Å². The van der Waals surface area contributed by atoms with Crippen molar-refractivity contribution in [1.29, 1.82) is 0 Å². The van der Waals surface area contributed by atoms with Crippen LogP contribution < -0.4 is 5.32 Å². The lowest BCUT2D eigenvalue weighted by Crippen LogP contribution is -2.45. The fraction of sp³-hybridized carbons (Fsp3) is 0.444. The Morgan fingerprint density at radius 3 is 2.79 bits per heavy atom. The van der Waals surface area contributed by atoms with Crippen molar-refractivity contribution >= 4 is 6.03 Å². The first-order valence-corrected chi connectivity index (χ1v) is 8.42. The van der Waals surface area contributed by atoms with Crippen molar-refractivity contribution in [2.75, 3.05) is 19.7 Å². The topological polar surface area (TPSA) is 70.4 Å². The smallest absolute Gasteiger partial charge is 0.317 e. The second kappa shape index (κ2) is 7.97. The molecule has 1 fully saturated rings. The summed E-state index contributed by atoms with van der Waals surface area (Å²) in [5.41, 5.74) is 2.28. The Morgan fingerprint density at radius 1 is 1.29 bits per heavy atom. The van der Waals surface area contributed by atoms with Crippen molar-refractivity contribution in [3.05, 3.63) is 54.1 Å². The maximum atomic E-state index is 12.2. The van der Waals surface area contributed by atoms with Gasteiger partial charge in [0.15, 0.2) is 0 Å². The summed E-state index contributed by atoms with van der Waals surface area (Å²) in [5, 5.41) is 12.2. The molecule has 2 heterocycles. The molecular weight excluding hydrogens is 304 g/mol. The predicted octanol–water partition coefficient (Wildman–Crippen LogP) is 1.85. The van der Waals surface area contributed by atoms with Gasteiger partial charge in [-0.2, -0.15) is 0 Å². The molecule has 2 aromatic rings. The monoisotopic (exact) mass is 328 g/mol. The molecule has 1 unspecified atom stereocenters. The molecule has 128 valence electrons. The van der Waals surface area contributed by atoms with Crippen LogP contribution in [-0.2, 0) is 13.1 Å². The lowest BCUT2D eigenvalue weighted by Gasteiger charge is -2.31. The minimum Gasteiger partial charge on any atom is -0.396 e. The van der Waals surface area contributed by atoms with Gasteiger partial charge in [-0.3, -0.25) is 0 Å². The molecule has 0 aliphatic carbocycles. The molecule has 0 saturated carbocycles. The molecule has 1 saturated heterocycles. The molecule has 1 aromatic heterocycles. The van der Waals surface area contributed by atoms with Gasteiger partial charge in [0, 0.05) is 45.2 Å². The predicted molar refractivity (Wildman–Crippen MR) is 91.4 cm³/mol. The van der Waals surface area contributed by atoms with Crippen LogP contribution in [-0.4, -0.2) is 45.3 Å². The third-order valence-electron chi connectivity index (χ3n) is 4.46.